The summed E-state index contributed by atoms with van der Waals surface area (Å²) in [6.07, 6.45) is -4.91. The van der Waals surface area contributed by atoms with Crippen molar-refractivity contribution < 1.29 is 27.5 Å². The van der Waals surface area contributed by atoms with Gasteiger partial charge in [-0.2, -0.15) is 23.3 Å². The van der Waals surface area contributed by atoms with Gasteiger partial charge in [-0.05, 0) is 25.5 Å². The molecule has 1 N–H and O–H groups in total. The van der Waals surface area contributed by atoms with Gasteiger partial charge in [-0.25, -0.2) is 0 Å². The summed E-state index contributed by atoms with van der Waals surface area (Å²) in [5.41, 5.74) is -3.19. The first-order valence-electron chi connectivity index (χ1n) is 6.45. The van der Waals surface area contributed by atoms with Gasteiger partial charge in [0.1, 0.15) is 5.76 Å². The van der Waals surface area contributed by atoms with Crippen molar-refractivity contribution in [1.29, 1.82) is 0 Å². The summed E-state index contributed by atoms with van der Waals surface area (Å²) in [5, 5.41) is 13.7. The van der Waals surface area contributed by atoms with Gasteiger partial charge in [0.25, 0.3) is 5.72 Å². The van der Waals surface area contributed by atoms with Crippen LogP contribution in [-0.2, 0) is 0 Å². The average molecular weight is 304 g/mol. The number of nitrogens with zero attached hydrogens (tertiary/aromatic N) is 2. The van der Waals surface area contributed by atoms with E-state index in [4.69, 9.17) is 4.42 Å². The lowest BCUT2D eigenvalue weighted by atomic mass is 10.0. The standard InChI is InChI=1S/C13H15F3N2O3/c1-3-4-9-7-12(20,13(14,15)16)18(17-9)11(19)10-6-5-8(2)21-10/h5-6,20H,3-4,7H2,1-2H3. The summed E-state index contributed by atoms with van der Waals surface area (Å²) in [4.78, 5) is 12.1. The molecule has 1 atom stereocenters. The zero-order chi connectivity index (χ0) is 15.8. The molecule has 1 amide bonds. The van der Waals surface area contributed by atoms with Gasteiger partial charge >= 0.3 is 12.1 Å². The normalized spacial score (nSPS) is 22.6. The maximum absolute atomic E-state index is 13.1. The quantitative estimate of drug-likeness (QED) is 0.933. The molecular formula is C13H15F3N2O3. The Hall–Kier alpha value is -1.83. The van der Waals surface area contributed by atoms with Gasteiger partial charge in [0.15, 0.2) is 5.76 Å². The molecule has 1 aliphatic heterocycles. The van der Waals surface area contributed by atoms with Crippen LogP contribution in [0.15, 0.2) is 21.7 Å². The van der Waals surface area contributed by atoms with Gasteiger partial charge in [-0.3, -0.25) is 4.79 Å². The van der Waals surface area contributed by atoms with E-state index in [1.54, 1.807) is 13.8 Å². The number of carbonyl (C=O) groups is 1. The molecule has 0 saturated heterocycles. The fraction of sp³-hybridized carbons (Fsp3) is 0.538. The average Bonchev–Trinajstić information content (AvgIpc) is 2.93. The van der Waals surface area contributed by atoms with E-state index in [1.165, 1.54) is 12.1 Å². The first kappa shape index (κ1) is 15.6. The van der Waals surface area contributed by atoms with E-state index < -0.39 is 24.2 Å². The highest BCUT2D eigenvalue weighted by Gasteiger charge is 2.63. The summed E-state index contributed by atoms with van der Waals surface area (Å²) in [6, 6.07) is 2.70. The van der Waals surface area contributed by atoms with Crippen molar-refractivity contribution in [3.05, 3.63) is 23.7 Å². The van der Waals surface area contributed by atoms with Crippen LogP contribution >= 0.6 is 0 Å². The summed E-state index contributed by atoms with van der Waals surface area (Å²) in [7, 11) is 0. The van der Waals surface area contributed by atoms with Crippen LogP contribution in [0.4, 0.5) is 13.2 Å². The minimum Gasteiger partial charge on any atom is -0.456 e. The van der Waals surface area contributed by atoms with Crippen LogP contribution in [0, 0.1) is 6.92 Å². The van der Waals surface area contributed by atoms with Gasteiger partial charge in [-0.1, -0.05) is 13.3 Å². The van der Waals surface area contributed by atoms with Crippen molar-refractivity contribution in [3.8, 4) is 0 Å². The molecule has 0 aliphatic carbocycles. The highest BCUT2D eigenvalue weighted by molar-refractivity contribution is 5.96. The largest absolute Gasteiger partial charge is 0.456 e. The maximum Gasteiger partial charge on any atom is 0.438 e. The molecule has 1 aliphatic rings. The Morgan fingerprint density at radius 1 is 1.52 bits per heavy atom. The Morgan fingerprint density at radius 2 is 2.19 bits per heavy atom. The van der Waals surface area contributed by atoms with E-state index in [9.17, 15) is 23.1 Å². The van der Waals surface area contributed by atoms with Crippen molar-refractivity contribution in [2.24, 2.45) is 5.10 Å². The molecule has 21 heavy (non-hydrogen) atoms. The van der Waals surface area contributed by atoms with Crippen molar-refractivity contribution in [3.63, 3.8) is 0 Å². The molecule has 2 heterocycles. The van der Waals surface area contributed by atoms with Crippen LogP contribution in [0.1, 0.15) is 42.5 Å². The van der Waals surface area contributed by atoms with Gasteiger partial charge in [-0.15, -0.1) is 0 Å². The maximum atomic E-state index is 13.1. The number of halogens is 3. The Morgan fingerprint density at radius 3 is 2.67 bits per heavy atom. The highest BCUT2D eigenvalue weighted by atomic mass is 19.4. The monoisotopic (exact) mass is 304 g/mol. The zero-order valence-electron chi connectivity index (χ0n) is 11.6. The molecule has 1 unspecified atom stereocenters. The third-order valence-corrected chi connectivity index (χ3v) is 3.18. The molecule has 5 nitrogen and oxygen atoms in total. The number of amides is 1. The lowest BCUT2D eigenvalue weighted by Crippen LogP contribution is -2.56. The fourth-order valence-corrected chi connectivity index (χ4v) is 2.13. The zero-order valence-corrected chi connectivity index (χ0v) is 11.6. The van der Waals surface area contributed by atoms with E-state index in [-0.39, 0.29) is 22.9 Å². The van der Waals surface area contributed by atoms with Gasteiger partial charge in [0.05, 0.1) is 0 Å². The molecule has 2 rings (SSSR count). The number of alkyl halides is 3. The Balaban J connectivity index is 2.38. The number of aryl methyl sites for hydroxylation is 1. The molecule has 0 fully saturated rings. The fourth-order valence-electron chi connectivity index (χ4n) is 2.13. The second-order valence-electron chi connectivity index (χ2n) is 4.93. The van der Waals surface area contributed by atoms with Crippen LogP contribution in [0.25, 0.3) is 0 Å². The topological polar surface area (TPSA) is 66.0 Å². The molecule has 0 spiro atoms. The van der Waals surface area contributed by atoms with E-state index >= 15 is 0 Å². The molecule has 8 heteroatoms. The Labute approximate surface area is 119 Å². The highest BCUT2D eigenvalue weighted by Crippen LogP contribution is 2.41. The van der Waals surface area contributed by atoms with Gasteiger partial charge in [0.2, 0.25) is 0 Å². The minimum atomic E-state index is -5.01. The number of furan rings is 1. The third kappa shape index (κ3) is 2.67. The second kappa shape index (κ2) is 5.18. The SMILES string of the molecule is CCCC1=NN(C(=O)c2ccc(C)o2)C(O)(C(F)(F)F)C1. The Bertz CT molecular complexity index is 579. The Kier molecular flexibility index (Phi) is 3.83. The lowest BCUT2D eigenvalue weighted by Gasteiger charge is -2.32. The molecule has 0 aromatic carbocycles. The van der Waals surface area contributed by atoms with Crippen molar-refractivity contribution in [2.75, 3.05) is 0 Å². The first-order chi connectivity index (χ1) is 9.69. The minimum absolute atomic E-state index is 0.0796. The van der Waals surface area contributed by atoms with Crippen LogP contribution < -0.4 is 0 Å². The second-order valence-corrected chi connectivity index (χ2v) is 4.93. The smallest absolute Gasteiger partial charge is 0.438 e. The van der Waals surface area contributed by atoms with Crippen molar-refractivity contribution in [2.45, 2.75) is 45.0 Å². The number of rotatable bonds is 3. The summed E-state index contributed by atoms with van der Waals surface area (Å²) in [5.74, 6) is -1.03. The van der Waals surface area contributed by atoms with Crippen LogP contribution in [0.2, 0.25) is 0 Å². The van der Waals surface area contributed by atoms with Crippen LogP contribution in [-0.4, -0.2) is 33.6 Å². The molecule has 0 bridgehead atoms. The summed E-state index contributed by atoms with van der Waals surface area (Å²) < 4.78 is 44.4. The predicted molar refractivity (Wildman–Crippen MR) is 67.6 cm³/mol. The summed E-state index contributed by atoms with van der Waals surface area (Å²) in [6.45, 7) is 3.33. The van der Waals surface area contributed by atoms with Crippen LogP contribution in [0.3, 0.4) is 0 Å². The molecular weight excluding hydrogens is 289 g/mol. The van der Waals surface area contributed by atoms with Crippen molar-refractivity contribution in [1.82, 2.24) is 5.01 Å². The number of hydrogen-bond donors (Lipinski definition) is 1. The van der Waals surface area contributed by atoms with Gasteiger partial charge < -0.3 is 9.52 Å². The van der Waals surface area contributed by atoms with Crippen molar-refractivity contribution >= 4 is 11.6 Å². The third-order valence-electron chi connectivity index (χ3n) is 3.18. The molecule has 0 radical (unpaired) electrons. The van der Waals surface area contributed by atoms with E-state index in [0.717, 1.165) is 0 Å². The first-order valence-corrected chi connectivity index (χ1v) is 6.45. The van der Waals surface area contributed by atoms with Crippen LogP contribution in [0.5, 0.6) is 0 Å². The summed E-state index contributed by atoms with van der Waals surface area (Å²) >= 11 is 0. The van der Waals surface area contributed by atoms with E-state index in [1.807, 2.05) is 0 Å². The number of carbonyl (C=O) groups excluding carboxylic acids is 1. The molecule has 116 valence electrons. The number of hydrogen-bond acceptors (Lipinski definition) is 4. The molecule has 0 saturated carbocycles. The lowest BCUT2D eigenvalue weighted by molar-refractivity contribution is -0.297. The number of aliphatic hydroxyl groups is 1. The predicted octanol–water partition coefficient (Wildman–Crippen LogP) is 2.84. The molecule has 1 aromatic heterocycles. The van der Waals surface area contributed by atoms with E-state index in [0.29, 0.717) is 12.2 Å². The molecule has 1 aromatic rings. The van der Waals surface area contributed by atoms with E-state index in [2.05, 4.69) is 5.10 Å². The van der Waals surface area contributed by atoms with Gasteiger partial charge in [0, 0.05) is 12.1 Å². The number of hydrazone groups is 1.